The van der Waals surface area contributed by atoms with Crippen molar-refractivity contribution >= 4 is 38.0 Å². The number of thiazole rings is 1. The molecule has 1 aromatic heterocycles. The Bertz CT molecular complexity index is 1370. The molecule has 3 aromatic rings. The largest absolute Gasteiger partial charge is 0.347 e. The average Bonchev–Trinajstić information content (AvgIpc) is 3.54. The first kappa shape index (κ1) is 26.3. The monoisotopic (exact) mass is 539 g/mol. The first-order valence-corrected chi connectivity index (χ1v) is 16.0. The van der Waals surface area contributed by atoms with E-state index in [1.54, 1.807) is 6.07 Å². The number of aromatic nitrogens is 1. The van der Waals surface area contributed by atoms with Crippen LogP contribution in [0.5, 0.6) is 0 Å². The molecule has 1 amide bonds. The maximum atomic E-state index is 13.2. The number of carbonyl (C=O) groups excluding carboxylic acids is 1. The van der Waals surface area contributed by atoms with E-state index in [4.69, 9.17) is 4.98 Å². The van der Waals surface area contributed by atoms with Gasteiger partial charge in [-0.2, -0.15) is 0 Å². The third-order valence-electron chi connectivity index (χ3n) is 7.60. The summed E-state index contributed by atoms with van der Waals surface area (Å²) in [5.41, 5.74) is 1.91. The highest BCUT2D eigenvalue weighted by molar-refractivity contribution is 7.89. The molecule has 0 spiro atoms. The highest BCUT2D eigenvalue weighted by Crippen LogP contribution is 2.40. The van der Waals surface area contributed by atoms with Gasteiger partial charge < -0.3 is 5.32 Å². The zero-order valence-electron chi connectivity index (χ0n) is 21.8. The number of carbonyl (C=O) groups is 1. The molecule has 2 aliphatic rings. The lowest BCUT2D eigenvalue weighted by atomic mass is 9.95. The second-order valence-electron chi connectivity index (χ2n) is 10.9. The molecule has 0 aliphatic heterocycles. The number of benzene rings is 2. The number of nitrogens with one attached hydrogen (secondary N) is 2. The molecule has 37 heavy (non-hydrogen) atoms. The van der Waals surface area contributed by atoms with Crippen molar-refractivity contribution < 1.29 is 13.2 Å². The molecule has 5 rings (SSSR count). The number of hydrogen-bond acceptors (Lipinski definition) is 5. The van der Waals surface area contributed by atoms with Crippen molar-refractivity contribution in [1.29, 1.82) is 0 Å². The summed E-state index contributed by atoms with van der Waals surface area (Å²) < 4.78 is 28.9. The van der Waals surface area contributed by atoms with E-state index >= 15 is 0 Å². The summed E-state index contributed by atoms with van der Waals surface area (Å²) in [5, 5.41) is 5.28. The topological polar surface area (TPSA) is 88.2 Å². The van der Waals surface area contributed by atoms with E-state index in [9.17, 15) is 13.2 Å². The van der Waals surface area contributed by atoms with Crippen LogP contribution in [0.1, 0.15) is 87.1 Å². The van der Waals surface area contributed by atoms with E-state index in [2.05, 4.69) is 10.0 Å². The molecule has 6 nitrogen and oxygen atoms in total. The molecule has 2 fully saturated rings. The maximum Gasteiger partial charge on any atom is 0.280 e. The van der Waals surface area contributed by atoms with E-state index in [-0.39, 0.29) is 22.9 Å². The van der Waals surface area contributed by atoms with Crippen LogP contribution < -0.4 is 10.0 Å². The molecule has 2 N–H and O–H groups in total. The Labute approximate surface area is 224 Å². The summed E-state index contributed by atoms with van der Waals surface area (Å²) >= 11 is 1.44. The summed E-state index contributed by atoms with van der Waals surface area (Å²) in [6, 6.07) is 11.3. The maximum absolute atomic E-state index is 13.2. The van der Waals surface area contributed by atoms with Crippen LogP contribution in [0.2, 0.25) is 0 Å². The summed E-state index contributed by atoms with van der Waals surface area (Å²) in [6.45, 7) is 3.64. The molecule has 0 unspecified atom stereocenters. The number of nitrogens with zero attached hydrogens (tertiary/aromatic N) is 1. The zero-order chi connectivity index (χ0) is 26.0. The van der Waals surface area contributed by atoms with Crippen LogP contribution in [0.3, 0.4) is 0 Å². The number of hydrogen-bond donors (Lipinski definition) is 2. The van der Waals surface area contributed by atoms with Gasteiger partial charge in [0.25, 0.3) is 5.91 Å². The number of rotatable bonds is 8. The van der Waals surface area contributed by atoms with Gasteiger partial charge in [0.15, 0.2) is 5.01 Å². The number of sulfonamides is 1. The van der Waals surface area contributed by atoms with Crippen LogP contribution in [0, 0.1) is 5.92 Å². The fourth-order valence-electron chi connectivity index (χ4n) is 5.86. The smallest absolute Gasteiger partial charge is 0.280 e. The van der Waals surface area contributed by atoms with Crippen LogP contribution in [0.15, 0.2) is 41.3 Å². The van der Waals surface area contributed by atoms with E-state index in [0.717, 1.165) is 53.6 Å². The quantitative estimate of drug-likeness (QED) is 0.345. The zero-order valence-corrected chi connectivity index (χ0v) is 23.4. The van der Waals surface area contributed by atoms with Gasteiger partial charge >= 0.3 is 0 Å². The second kappa shape index (κ2) is 11.2. The summed E-state index contributed by atoms with van der Waals surface area (Å²) in [5.74, 6) is 0.497. The van der Waals surface area contributed by atoms with Crippen molar-refractivity contribution in [2.24, 2.45) is 5.92 Å². The highest BCUT2D eigenvalue weighted by atomic mass is 32.2. The molecule has 8 heteroatoms. The normalized spacial score (nSPS) is 17.6. The van der Waals surface area contributed by atoms with Gasteiger partial charge in [-0.05, 0) is 50.5 Å². The number of fused-ring (bicyclic) bond motifs is 1. The Hall–Kier alpha value is -2.29. The molecular formula is C29H37N3O3S2. The van der Waals surface area contributed by atoms with Gasteiger partial charge in [-0.25, -0.2) is 18.1 Å². The van der Waals surface area contributed by atoms with Gasteiger partial charge in [-0.1, -0.05) is 75.3 Å². The van der Waals surface area contributed by atoms with Crippen molar-refractivity contribution in [3.8, 4) is 10.4 Å². The molecule has 2 aliphatic carbocycles. The predicted molar refractivity (Wildman–Crippen MR) is 151 cm³/mol. The summed E-state index contributed by atoms with van der Waals surface area (Å²) in [4.78, 5) is 19.4. The SMILES string of the molecule is CC(C)NS(=O)(=O)c1ccc(-c2sc(C(=O)NC3CCCCC3)nc2CC2CCCC2)c2ccccc12. The molecule has 0 atom stereocenters. The molecule has 0 radical (unpaired) electrons. The van der Waals surface area contributed by atoms with Gasteiger partial charge in [-0.3, -0.25) is 4.79 Å². The van der Waals surface area contributed by atoms with Crippen molar-refractivity contribution in [2.45, 2.75) is 95.0 Å². The fourth-order valence-corrected chi connectivity index (χ4v) is 8.36. The van der Waals surface area contributed by atoms with E-state index in [1.165, 1.54) is 43.4 Å². The van der Waals surface area contributed by atoms with Crippen molar-refractivity contribution in [2.75, 3.05) is 0 Å². The molecular weight excluding hydrogens is 502 g/mol. The van der Waals surface area contributed by atoms with E-state index < -0.39 is 10.0 Å². The Kier molecular flexibility index (Phi) is 7.98. The second-order valence-corrected chi connectivity index (χ2v) is 13.6. The average molecular weight is 540 g/mol. The lowest BCUT2D eigenvalue weighted by molar-refractivity contribution is 0.0927. The summed E-state index contributed by atoms with van der Waals surface area (Å²) in [7, 11) is -3.66. The minimum Gasteiger partial charge on any atom is -0.347 e. The molecule has 2 saturated carbocycles. The summed E-state index contributed by atoms with van der Waals surface area (Å²) in [6.07, 6.45) is 11.4. The van der Waals surface area contributed by atoms with Crippen LogP contribution >= 0.6 is 11.3 Å². The van der Waals surface area contributed by atoms with Crippen LogP contribution in [0.4, 0.5) is 0 Å². The van der Waals surface area contributed by atoms with Crippen LogP contribution in [0.25, 0.3) is 21.2 Å². The van der Waals surface area contributed by atoms with Gasteiger partial charge in [0, 0.05) is 23.0 Å². The van der Waals surface area contributed by atoms with E-state index in [1.807, 2.05) is 44.2 Å². The third-order valence-corrected chi connectivity index (χ3v) is 10.4. The Balaban J connectivity index is 1.56. The van der Waals surface area contributed by atoms with Crippen molar-refractivity contribution in [3.05, 3.63) is 47.1 Å². The highest BCUT2D eigenvalue weighted by Gasteiger charge is 2.27. The minimum atomic E-state index is -3.66. The van der Waals surface area contributed by atoms with Crippen LogP contribution in [-0.4, -0.2) is 31.4 Å². The first-order valence-electron chi connectivity index (χ1n) is 13.7. The Morgan fingerprint density at radius 1 is 0.973 bits per heavy atom. The van der Waals surface area contributed by atoms with Gasteiger partial charge in [0.05, 0.1) is 15.5 Å². The Morgan fingerprint density at radius 3 is 2.35 bits per heavy atom. The third kappa shape index (κ3) is 5.91. The van der Waals surface area contributed by atoms with Crippen molar-refractivity contribution in [3.63, 3.8) is 0 Å². The van der Waals surface area contributed by atoms with Crippen LogP contribution in [-0.2, 0) is 16.4 Å². The van der Waals surface area contributed by atoms with Crippen molar-refractivity contribution in [1.82, 2.24) is 15.0 Å². The Morgan fingerprint density at radius 2 is 1.65 bits per heavy atom. The van der Waals surface area contributed by atoms with E-state index in [0.29, 0.717) is 16.3 Å². The lowest BCUT2D eigenvalue weighted by Crippen LogP contribution is -2.36. The fraction of sp³-hybridized carbons (Fsp3) is 0.517. The molecule has 2 aromatic carbocycles. The van der Waals surface area contributed by atoms with Gasteiger partial charge in [0.2, 0.25) is 10.0 Å². The van der Waals surface area contributed by atoms with Gasteiger partial charge in [0.1, 0.15) is 0 Å². The standard InChI is InChI=1S/C29H37N3O3S2/c1-19(2)32-37(34,35)26-17-16-24(22-14-8-9-15-23(22)26)27-25(18-20-10-6-7-11-20)31-29(36-27)28(33)30-21-12-4-3-5-13-21/h8-9,14-17,19-21,32H,3-7,10-13,18H2,1-2H3,(H,30,33). The molecule has 1 heterocycles. The molecule has 0 saturated heterocycles. The molecule has 0 bridgehead atoms. The number of amides is 1. The minimum absolute atomic E-state index is 0.0829. The first-order chi connectivity index (χ1) is 17.8. The lowest BCUT2D eigenvalue weighted by Gasteiger charge is -2.22. The predicted octanol–water partition coefficient (Wildman–Crippen LogP) is 6.45. The van der Waals surface area contributed by atoms with Gasteiger partial charge in [-0.15, -0.1) is 11.3 Å². The molecule has 198 valence electrons.